The number of halogens is 4. The highest BCUT2D eigenvalue weighted by atomic mass is 35.5. The highest BCUT2D eigenvalue weighted by molar-refractivity contribution is 7.11. The maximum absolute atomic E-state index is 12.5. The zero-order valence-electron chi connectivity index (χ0n) is 14.0. The zero-order chi connectivity index (χ0) is 20.1. The van der Waals surface area contributed by atoms with E-state index in [0.29, 0.717) is 26.4 Å². The molecule has 142 valence electrons. The summed E-state index contributed by atoms with van der Waals surface area (Å²) in [6, 6.07) is 13.4. The second-order valence-electron chi connectivity index (χ2n) is 5.36. The molecule has 0 saturated heterocycles. The third-order valence-corrected chi connectivity index (χ3v) is 5.16. The van der Waals surface area contributed by atoms with E-state index in [9.17, 15) is 14.0 Å². The fraction of sp³-hybridized carbons (Fsp3) is 0.0526. The SMILES string of the molecule is N#CC(=CNc1ccccc1OC(F)F)c1nc(-c2ccc(Cl)c(Cl)c2)cs1. The number of thiazole rings is 1. The van der Waals surface area contributed by atoms with Crippen LogP contribution in [0.1, 0.15) is 5.01 Å². The van der Waals surface area contributed by atoms with E-state index < -0.39 is 6.61 Å². The summed E-state index contributed by atoms with van der Waals surface area (Å²) in [4.78, 5) is 4.44. The van der Waals surface area contributed by atoms with Gasteiger partial charge in [-0.2, -0.15) is 14.0 Å². The maximum Gasteiger partial charge on any atom is 0.387 e. The fourth-order valence-electron chi connectivity index (χ4n) is 2.26. The first-order chi connectivity index (χ1) is 13.5. The number of hydrogen-bond donors (Lipinski definition) is 1. The molecule has 0 saturated carbocycles. The molecule has 0 aliphatic carbocycles. The van der Waals surface area contributed by atoms with Crippen LogP contribution >= 0.6 is 34.5 Å². The average Bonchev–Trinajstić information content (AvgIpc) is 3.15. The van der Waals surface area contributed by atoms with Crippen LogP contribution in [-0.4, -0.2) is 11.6 Å². The molecule has 9 heteroatoms. The first kappa shape index (κ1) is 20.1. The van der Waals surface area contributed by atoms with Crippen LogP contribution in [0.25, 0.3) is 16.8 Å². The molecule has 0 aliphatic heterocycles. The van der Waals surface area contributed by atoms with Crippen LogP contribution in [0.4, 0.5) is 14.5 Å². The summed E-state index contributed by atoms with van der Waals surface area (Å²) in [6.07, 6.45) is 1.39. The minimum Gasteiger partial charge on any atom is -0.433 e. The quantitative estimate of drug-likeness (QED) is 0.436. The molecule has 3 rings (SSSR count). The molecule has 0 atom stereocenters. The van der Waals surface area contributed by atoms with Crippen LogP contribution in [0.15, 0.2) is 54.0 Å². The highest BCUT2D eigenvalue weighted by Gasteiger charge is 2.12. The summed E-state index contributed by atoms with van der Waals surface area (Å²) in [6.45, 7) is -2.95. The van der Waals surface area contributed by atoms with Crippen LogP contribution in [0, 0.1) is 11.3 Å². The van der Waals surface area contributed by atoms with Crippen molar-refractivity contribution in [3.05, 3.63) is 69.1 Å². The molecular formula is C19H11Cl2F2N3OS. The van der Waals surface area contributed by atoms with E-state index in [4.69, 9.17) is 23.2 Å². The van der Waals surface area contributed by atoms with Gasteiger partial charge in [-0.15, -0.1) is 11.3 Å². The summed E-state index contributed by atoms with van der Waals surface area (Å²) < 4.78 is 29.5. The van der Waals surface area contributed by atoms with Gasteiger partial charge in [-0.1, -0.05) is 41.4 Å². The van der Waals surface area contributed by atoms with Crippen molar-refractivity contribution in [2.45, 2.75) is 6.61 Å². The van der Waals surface area contributed by atoms with Crippen LogP contribution in [0.2, 0.25) is 10.0 Å². The van der Waals surface area contributed by atoms with E-state index in [1.807, 2.05) is 6.07 Å². The van der Waals surface area contributed by atoms with Gasteiger partial charge in [-0.25, -0.2) is 4.98 Å². The number of para-hydroxylation sites is 2. The lowest BCUT2D eigenvalue weighted by Crippen LogP contribution is -2.04. The molecule has 0 spiro atoms. The summed E-state index contributed by atoms with van der Waals surface area (Å²) in [5.41, 5.74) is 1.94. The molecule has 3 aromatic rings. The molecule has 2 aromatic carbocycles. The van der Waals surface area contributed by atoms with Gasteiger partial charge in [0.05, 0.1) is 21.4 Å². The Balaban J connectivity index is 1.84. The van der Waals surface area contributed by atoms with Crippen molar-refractivity contribution >= 4 is 45.8 Å². The maximum atomic E-state index is 12.5. The van der Waals surface area contributed by atoms with E-state index in [2.05, 4.69) is 15.0 Å². The zero-order valence-corrected chi connectivity index (χ0v) is 16.3. The van der Waals surface area contributed by atoms with E-state index in [1.165, 1.54) is 23.6 Å². The number of hydrogen-bond acceptors (Lipinski definition) is 5. The second kappa shape index (κ2) is 9.02. The van der Waals surface area contributed by atoms with Crippen molar-refractivity contribution in [1.29, 1.82) is 5.26 Å². The Morgan fingerprint density at radius 2 is 2.00 bits per heavy atom. The minimum absolute atomic E-state index is 0.0262. The molecule has 0 bridgehead atoms. The van der Waals surface area contributed by atoms with Gasteiger partial charge in [-0.05, 0) is 24.3 Å². The van der Waals surface area contributed by atoms with Gasteiger partial charge in [0.2, 0.25) is 0 Å². The van der Waals surface area contributed by atoms with Crippen LogP contribution in [0.5, 0.6) is 5.75 Å². The Morgan fingerprint density at radius 1 is 1.21 bits per heavy atom. The van der Waals surface area contributed by atoms with Crippen molar-refractivity contribution in [3.8, 4) is 23.1 Å². The highest BCUT2D eigenvalue weighted by Crippen LogP contribution is 2.31. The topological polar surface area (TPSA) is 57.9 Å². The van der Waals surface area contributed by atoms with E-state index in [0.717, 1.165) is 5.56 Å². The van der Waals surface area contributed by atoms with Crippen LogP contribution < -0.4 is 10.1 Å². The summed E-state index contributed by atoms with van der Waals surface area (Å²) in [5.74, 6) is -0.0262. The lowest BCUT2D eigenvalue weighted by molar-refractivity contribution is -0.0493. The minimum atomic E-state index is -2.95. The molecular weight excluding hydrogens is 427 g/mol. The average molecular weight is 438 g/mol. The van der Waals surface area contributed by atoms with Gasteiger partial charge in [0.1, 0.15) is 22.4 Å². The van der Waals surface area contributed by atoms with Crippen molar-refractivity contribution in [1.82, 2.24) is 4.98 Å². The molecule has 0 amide bonds. The number of anilines is 1. The molecule has 1 N–H and O–H groups in total. The molecule has 0 radical (unpaired) electrons. The van der Waals surface area contributed by atoms with Gasteiger partial charge < -0.3 is 10.1 Å². The Kier molecular flexibility index (Phi) is 6.47. The first-order valence-electron chi connectivity index (χ1n) is 7.80. The number of alkyl halides is 2. The van der Waals surface area contributed by atoms with Gasteiger partial charge >= 0.3 is 6.61 Å². The van der Waals surface area contributed by atoms with Crippen LogP contribution in [0.3, 0.4) is 0 Å². The Morgan fingerprint density at radius 3 is 2.71 bits per heavy atom. The third-order valence-electron chi connectivity index (χ3n) is 3.55. The van der Waals surface area contributed by atoms with Crippen LogP contribution in [-0.2, 0) is 0 Å². The Hall–Kier alpha value is -2.66. The van der Waals surface area contributed by atoms with Gasteiger partial charge in [0, 0.05) is 17.1 Å². The Bertz CT molecular complexity index is 1060. The number of nitriles is 1. The van der Waals surface area contributed by atoms with Crippen molar-refractivity contribution in [3.63, 3.8) is 0 Å². The van der Waals surface area contributed by atoms with E-state index in [1.54, 1.807) is 41.8 Å². The van der Waals surface area contributed by atoms with E-state index in [-0.39, 0.29) is 11.3 Å². The molecule has 0 aliphatic rings. The fourth-order valence-corrected chi connectivity index (χ4v) is 3.35. The number of aromatic nitrogens is 1. The first-order valence-corrected chi connectivity index (χ1v) is 9.43. The largest absolute Gasteiger partial charge is 0.433 e. The smallest absolute Gasteiger partial charge is 0.387 e. The standard InChI is InChI=1S/C19H11Cl2F2N3OS/c20-13-6-5-11(7-14(13)21)16-10-28-18(26-16)12(8-24)9-25-15-3-1-2-4-17(15)27-19(22)23/h1-7,9-10,19,25H. The molecule has 0 fully saturated rings. The monoisotopic (exact) mass is 437 g/mol. The molecule has 4 nitrogen and oxygen atoms in total. The molecule has 1 heterocycles. The van der Waals surface area contributed by atoms with Crippen molar-refractivity contribution in [2.75, 3.05) is 5.32 Å². The number of rotatable bonds is 6. The predicted octanol–water partition coefficient (Wildman–Crippen LogP) is 6.69. The number of benzene rings is 2. The number of ether oxygens (including phenoxy) is 1. The summed E-state index contributed by atoms with van der Waals surface area (Å²) in [5, 5.41) is 15.4. The van der Waals surface area contributed by atoms with E-state index >= 15 is 0 Å². The number of nitrogens with one attached hydrogen (secondary N) is 1. The van der Waals surface area contributed by atoms with Gasteiger partial charge in [0.15, 0.2) is 0 Å². The molecule has 0 unspecified atom stereocenters. The summed E-state index contributed by atoms with van der Waals surface area (Å²) in [7, 11) is 0. The third kappa shape index (κ3) is 4.78. The van der Waals surface area contributed by atoms with Gasteiger partial charge in [-0.3, -0.25) is 0 Å². The molecule has 1 aromatic heterocycles. The summed E-state index contributed by atoms with van der Waals surface area (Å²) >= 11 is 13.2. The van der Waals surface area contributed by atoms with Crippen molar-refractivity contribution < 1.29 is 13.5 Å². The van der Waals surface area contributed by atoms with Crippen molar-refractivity contribution in [2.24, 2.45) is 0 Å². The second-order valence-corrected chi connectivity index (χ2v) is 7.03. The lowest BCUT2D eigenvalue weighted by atomic mass is 10.2. The van der Waals surface area contributed by atoms with Gasteiger partial charge in [0.25, 0.3) is 0 Å². The predicted molar refractivity (Wildman–Crippen MR) is 108 cm³/mol. The molecule has 28 heavy (non-hydrogen) atoms. The number of nitrogens with zero attached hydrogens (tertiary/aromatic N) is 2. The normalized spacial score (nSPS) is 11.4. The number of allylic oxidation sites excluding steroid dienone is 1. The Labute approximate surface area is 173 Å². The lowest BCUT2D eigenvalue weighted by Gasteiger charge is -2.10.